The fraction of sp³-hybridized carbons (Fsp3) is 0.625. The molecule has 0 amide bonds. The number of nitrogens with zero attached hydrogens (tertiary/aromatic N) is 1. The molecule has 0 aromatic heterocycles. The van der Waals surface area contributed by atoms with Gasteiger partial charge in [-0.2, -0.15) is 0 Å². The zero-order chi connectivity index (χ0) is 15.1. The van der Waals surface area contributed by atoms with Gasteiger partial charge in [0.1, 0.15) is 0 Å². The molecule has 0 heterocycles. The van der Waals surface area contributed by atoms with Crippen molar-refractivity contribution in [2.45, 2.75) is 50.0 Å². The summed E-state index contributed by atoms with van der Waals surface area (Å²) in [6, 6.07) is 7.44. The molecule has 4 nitrogen and oxygen atoms in total. The summed E-state index contributed by atoms with van der Waals surface area (Å²) < 4.78 is 0. The maximum absolute atomic E-state index is 10.7. The first-order valence-corrected chi connectivity index (χ1v) is 8.80. The fourth-order valence-corrected chi connectivity index (χ4v) is 4.10. The van der Waals surface area contributed by atoms with Gasteiger partial charge < -0.3 is 5.32 Å². The van der Waals surface area contributed by atoms with Gasteiger partial charge >= 0.3 is 0 Å². The molecule has 1 aromatic rings. The number of hydrogen-bond donors (Lipinski definition) is 1. The third kappa shape index (κ3) is 5.00. The van der Waals surface area contributed by atoms with Gasteiger partial charge in [-0.25, -0.2) is 0 Å². The average Bonchev–Trinajstić information content (AvgIpc) is 2.52. The van der Waals surface area contributed by atoms with Crippen LogP contribution in [0.5, 0.6) is 0 Å². The Morgan fingerprint density at radius 1 is 1.29 bits per heavy atom. The Kier molecular flexibility index (Phi) is 6.51. The quantitative estimate of drug-likeness (QED) is 0.465. The number of rotatable bonds is 7. The molecule has 1 atom stereocenters. The van der Waals surface area contributed by atoms with Crippen LogP contribution in [0.15, 0.2) is 29.2 Å². The lowest BCUT2D eigenvalue weighted by molar-refractivity contribution is -0.384. The van der Waals surface area contributed by atoms with E-state index in [2.05, 4.69) is 12.2 Å². The van der Waals surface area contributed by atoms with Crippen LogP contribution in [0.25, 0.3) is 0 Å². The monoisotopic (exact) mass is 308 g/mol. The Morgan fingerprint density at radius 3 is 2.52 bits per heavy atom. The van der Waals surface area contributed by atoms with E-state index in [0.29, 0.717) is 6.04 Å². The predicted octanol–water partition coefficient (Wildman–Crippen LogP) is 4.25. The molecule has 1 aromatic carbocycles. The van der Waals surface area contributed by atoms with Crippen LogP contribution in [0.2, 0.25) is 0 Å². The van der Waals surface area contributed by atoms with Gasteiger partial charge in [-0.3, -0.25) is 10.1 Å². The molecule has 21 heavy (non-hydrogen) atoms. The molecule has 1 saturated carbocycles. The molecule has 0 saturated heterocycles. The topological polar surface area (TPSA) is 55.2 Å². The highest BCUT2D eigenvalue weighted by Gasteiger charge is 2.22. The second-order valence-corrected chi connectivity index (χ2v) is 6.72. The Hall–Kier alpha value is -1.07. The van der Waals surface area contributed by atoms with Gasteiger partial charge in [0.25, 0.3) is 5.69 Å². The molecular weight excluding hydrogens is 284 g/mol. The molecular formula is C16H24N2O2S. The molecule has 1 N–H and O–H groups in total. The number of benzene rings is 1. The van der Waals surface area contributed by atoms with Crippen molar-refractivity contribution >= 4 is 17.4 Å². The van der Waals surface area contributed by atoms with Crippen LogP contribution in [0, 0.1) is 16.0 Å². The average molecular weight is 308 g/mol. The maximum Gasteiger partial charge on any atom is 0.269 e. The summed E-state index contributed by atoms with van der Waals surface area (Å²) in [6.45, 7) is 3.16. The van der Waals surface area contributed by atoms with E-state index < -0.39 is 0 Å². The number of nitro groups is 1. The van der Waals surface area contributed by atoms with E-state index in [4.69, 9.17) is 0 Å². The largest absolute Gasteiger partial charge is 0.313 e. The second-order valence-electron chi connectivity index (χ2n) is 5.62. The van der Waals surface area contributed by atoms with Crippen LogP contribution in [-0.2, 0) is 0 Å². The van der Waals surface area contributed by atoms with Gasteiger partial charge in [0.15, 0.2) is 0 Å². The van der Waals surface area contributed by atoms with E-state index in [1.165, 1.54) is 32.1 Å². The van der Waals surface area contributed by atoms with Gasteiger partial charge in [-0.05, 0) is 37.4 Å². The molecule has 0 bridgehead atoms. The van der Waals surface area contributed by atoms with Gasteiger partial charge in [-0.1, -0.05) is 26.2 Å². The SMILES string of the molecule is CCNC(CSc1ccc([N+](=O)[O-])cc1)C1CCCCC1. The maximum atomic E-state index is 10.7. The van der Waals surface area contributed by atoms with E-state index >= 15 is 0 Å². The summed E-state index contributed by atoms with van der Waals surface area (Å²) in [6.07, 6.45) is 6.76. The third-order valence-corrected chi connectivity index (χ3v) is 5.29. The van der Waals surface area contributed by atoms with Crippen LogP contribution in [0.3, 0.4) is 0 Å². The minimum absolute atomic E-state index is 0.162. The molecule has 1 aliphatic carbocycles. The highest BCUT2D eigenvalue weighted by molar-refractivity contribution is 7.99. The predicted molar refractivity (Wildman–Crippen MR) is 87.9 cm³/mol. The first-order chi connectivity index (χ1) is 10.2. The molecule has 0 radical (unpaired) electrons. The molecule has 1 fully saturated rings. The highest BCUT2D eigenvalue weighted by Crippen LogP contribution is 2.30. The van der Waals surface area contributed by atoms with Crippen molar-refractivity contribution in [1.82, 2.24) is 5.32 Å². The van der Waals surface area contributed by atoms with E-state index in [-0.39, 0.29) is 10.6 Å². The number of nitrogens with one attached hydrogen (secondary N) is 1. The molecule has 1 unspecified atom stereocenters. The molecule has 2 rings (SSSR count). The third-order valence-electron chi connectivity index (χ3n) is 4.16. The van der Waals surface area contributed by atoms with Crippen molar-refractivity contribution < 1.29 is 4.92 Å². The van der Waals surface area contributed by atoms with E-state index in [0.717, 1.165) is 23.1 Å². The summed E-state index contributed by atoms with van der Waals surface area (Å²) in [5.41, 5.74) is 0.162. The van der Waals surface area contributed by atoms with E-state index in [1.54, 1.807) is 23.9 Å². The lowest BCUT2D eigenvalue weighted by Gasteiger charge is -2.30. The van der Waals surface area contributed by atoms with E-state index in [9.17, 15) is 10.1 Å². The number of non-ortho nitro benzene ring substituents is 1. The van der Waals surface area contributed by atoms with Gasteiger partial charge in [0.05, 0.1) is 4.92 Å². The summed E-state index contributed by atoms with van der Waals surface area (Å²) in [4.78, 5) is 11.4. The Labute approximate surface area is 130 Å². The minimum Gasteiger partial charge on any atom is -0.313 e. The van der Waals surface area contributed by atoms with Gasteiger partial charge in [0, 0.05) is 28.8 Å². The highest BCUT2D eigenvalue weighted by atomic mass is 32.2. The number of thioether (sulfide) groups is 1. The van der Waals surface area contributed by atoms with Crippen molar-refractivity contribution in [2.75, 3.05) is 12.3 Å². The van der Waals surface area contributed by atoms with Crippen LogP contribution in [-0.4, -0.2) is 23.3 Å². The van der Waals surface area contributed by atoms with Crippen molar-refractivity contribution in [1.29, 1.82) is 0 Å². The summed E-state index contributed by atoms with van der Waals surface area (Å²) in [5.74, 6) is 1.82. The van der Waals surface area contributed by atoms with Crippen molar-refractivity contribution in [2.24, 2.45) is 5.92 Å². The second kappa shape index (κ2) is 8.39. The lowest BCUT2D eigenvalue weighted by Crippen LogP contribution is -2.39. The van der Waals surface area contributed by atoms with Crippen LogP contribution >= 0.6 is 11.8 Å². The first kappa shape index (κ1) is 16.3. The standard InChI is InChI=1S/C16H24N2O2S/c1-2-17-16(13-6-4-3-5-7-13)12-21-15-10-8-14(9-11-15)18(19)20/h8-11,13,16-17H,2-7,12H2,1H3. The molecule has 5 heteroatoms. The van der Waals surface area contributed by atoms with Crippen molar-refractivity contribution in [3.8, 4) is 0 Å². The fourth-order valence-electron chi connectivity index (χ4n) is 3.01. The molecule has 0 spiro atoms. The first-order valence-electron chi connectivity index (χ1n) is 7.81. The van der Waals surface area contributed by atoms with Crippen LogP contribution < -0.4 is 5.32 Å². The van der Waals surface area contributed by atoms with Crippen LogP contribution in [0.4, 0.5) is 5.69 Å². The van der Waals surface area contributed by atoms with Crippen LogP contribution in [0.1, 0.15) is 39.0 Å². The normalized spacial score (nSPS) is 17.6. The number of nitro benzene ring substituents is 1. The zero-order valence-corrected chi connectivity index (χ0v) is 13.4. The Bertz CT molecular complexity index is 444. The summed E-state index contributed by atoms with van der Waals surface area (Å²) in [7, 11) is 0. The summed E-state index contributed by atoms with van der Waals surface area (Å²) in [5, 5.41) is 14.3. The Balaban J connectivity index is 1.89. The van der Waals surface area contributed by atoms with Crippen molar-refractivity contribution in [3.63, 3.8) is 0 Å². The van der Waals surface area contributed by atoms with Crippen molar-refractivity contribution in [3.05, 3.63) is 34.4 Å². The lowest BCUT2D eigenvalue weighted by atomic mass is 9.84. The Morgan fingerprint density at radius 2 is 1.95 bits per heavy atom. The smallest absolute Gasteiger partial charge is 0.269 e. The van der Waals surface area contributed by atoms with Gasteiger partial charge in [-0.15, -0.1) is 11.8 Å². The van der Waals surface area contributed by atoms with E-state index in [1.807, 2.05) is 12.1 Å². The molecule has 116 valence electrons. The minimum atomic E-state index is -0.349. The molecule has 1 aliphatic rings. The number of hydrogen-bond acceptors (Lipinski definition) is 4. The zero-order valence-electron chi connectivity index (χ0n) is 12.6. The van der Waals surface area contributed by atoms with Gasteiger partial charge in [0.2, 0.25) is 0 Å². The summed E-state index contributed by atoms with van der Waals surface area (Å²) >= 11 is 1.80. The molecule has 0 aliphatic heterocycles.